The number of hydrogen-bond donors (Lipinski definition) is 1. The van der Waals surface area contributed by atoms with E-state index in [4.69, 9.17) is 4.55 Å². The molecule has 0 saturated carbocycles. The van der Waals surface area contributed by atoms with Crippen LogP contribution in [-0.2, 0) is 10.1 Å². The van der Waals surface area contributed by atoms with Gasteiger partial charge in [0.1, 0.15) is 0 Å². The lowest BCUT2D eigenvalue weighted by Crippen LogP contribution is -1.99. The highest BCUT2D eigenvalue weighted by molar-refractivity contribution is 7.85. The molecule has 0 heterocycles. The molecule has 0 atom stereocenters. The first kappa shape index (κ1) is 11.1. The van der Waals surface area contributed by atoms with Crippen LogP contribution in [-0.4, -0.2) is 13.0 Å². The van der Waals surface area contributed by atoms with Gasteiger partial charge in [0.15, 0.2) is 0 Å². The molecular weight excluding hydrogens is 183 g/mol. The van der Waals surface area contributed by atoms with Crippen LogP contribution in [0.4, 0.5) is 4.70 Å². The molecule has 0 unspecified atom stereocenters. The van der Waals surface area contributed by atoms with Crippen LogP contribution in [0.15, 0.2) is 29.2 Å². The molecule has 5 heteroatoms. The molecule has 1 rings (SSSR count). The summed E-state index contributed by atoms with van der Waals surface area (Å²) < 4.78 is 29.9. The fraction of sp³-hybridized carbons (Fsp3) is 0.143. The van der Waals surface area contributed by atoms with Crippen LogP contribution in [0.25, 0.3) is 0 Å². The molecule has 1 aromatic carbocycles. The molecule has 0 aliphatic rings. The third-order valence-corrected chi connectivity index (χ3v) is 2.39. The summed E-state index contributed by atoms with van der Waals surface area (Å²) in [5.74, 6) is 0. The number of halogens is 1. The summed E-state index contributed by atoms with van der Waals surface area (Å²) in [7, 11) is -4.03. The van der Waals surface area contributed by atoms with Crippen molar-refractivity contribution in [2.75, 3.05) is 0 Å². The minimum Gasteiger partial charge on any atom is -0.282 e. The Bertz CT molecular complexity index is 359. The summed E-state index contributed by atoms with van der Waals surface area (Å²) in [4.78, 5) is -0.0278. The van der Waals surface area contributed by atoms with Gasteiger partial charge in [-0.15, -0.1) is 0 Å². The van der Waals surface area contributed by atoms with E-state index in [1.807, 2.05) is 0 Å². The van der Waals surface area contributed by atoms with E-state index in [-0.39, 0.29) is 9.60 Å². The molecule has 68 valence electrons. The number of rotatable bonds is 1. The molecule has 12 heavy (non-hydrogen) atoms. The zero-order chi connectivity index (χ0) is 8.48. The summed E-state index contributed by atoms with van der Waals surface area (Å²) in [6.45, 7) is 1.63. The molecule has 1 N–H and O–H groups in total. The molecule has 0 radical (unpaired) electrons. The molecule has 0 amide bonds. The molecule has 1 aromatic rings. The molecule has 0 saturated heterocycles. The molecule has 0 bridgehead atoms. The summed E-state index contributed by atoms with van der Waals surface area (Å²) in [6.07, 6.45) is 0. The first-order chi connectivity index (χ1) is 5.02. The van der Waals surface area contributed by atoms with Crippen molar-refractivity contribution in [3.8, 4) is 0 Å². The van der Waals surface area contributed by atoms with Gasteiger partial charge in [0.2, 0.25) is 0 Å². The minimum absolute atomic E-state index is 0. The average molecular weight is 192 g/mol. The van der Waals surface area contributed by atoms with E-state index < -0.39 is 10.1 Å². The standard InChI is InChI=1S/C7H8O3S.FH/c1-6-4-2-3-5-7(6)11(8,9)10;/h2-5H,1H3,(H,8,9,10);1H. The van der Waals surface area contributed by atoms with Gasteiger partial charge in [0.05, 0.1) is 4.90 Å². The third kappa shape index (κ3) is 2.28. The Morgan fingerprint density at radius 1 is 1.25 bits per heavy atom. The van der Waals surface area contributed by atoms with Crippen molar-refractivity contribution in [2.45, 2.75) is 11.8 Å². The number of hydrogen-bond acceptors (Lipinski definition) is 2. The Kier molecular flexibility index (Phi) is 3.36. The van der Waals surface area contributed by atoms with Gasteiger partial charge in [-0.1, -0.05) is 18.2 Å². The van der Waals surface area contributed by atoms with Gasteiger partial charge in [-0.25, -0.2) is 0 Å². The Labute approximate surface area is 70.2 Å². The van der Waals surface area contributed by atoms with Gasteiger partial charge in [-0.05, 0) is 18.6 Å². The maximum atomic E-state index is 10.6. The van der Waals surface area contributed by atoms with E-state index in [2.05, 4.69) is 0 Å². The van der Waals surface area contributed by atoms with Crippen LogP contribution >= 0.6 is 0 Å². The van der Waals surface area contributed by atoms with Crippen molar-refractivity contribution >= 4 is 10.1 Å². The monoisotopic (exact) mass is 192 g/mol. The Hall–Kier alpha value is -0.940. The van der Waals surface area contributed by atoms with Crippen molar-refractivity contribution in [3.05, 3.63) is 29.8 Å². The molecular formula is C7H9FO3S. The van der Waals surface area contributed by atoms with Crippen molar-refractivity contribution in [2.24, 2.45) is 0 Å². The van der Waals surface area contributed by atoms with Crippen LogP contribution in [0.3, 0.4) is 0 Å². The van der Waals surface area contributed by atoms with Crippen LogP contribution < -0.4 is 0 Å². The van der Waals surface area contributed by atoms with E-state index in [1.54, 1.807) is 25.1 Å². The average Bonchev–Trinajstić information content (AvgIpc) is 1.86. The summed E-state index contributed by atoms with van der Waals surface area (Å²) in [6, 6.07) is 6.27. The summed E-state index contributed by atoms with van der Waals surface area (Å²) in [5, 5.41) is 0. The van der Waals surface area contributed by atoms with Crippen LogP contribution in [0.2, 0.25) is 0 Å². The fourth-order valence-electron chi connectivity index (χ4n) is 0.846. The van der Waals surface area contributed by atoms with Crippen LogP contribution in [0, 0.1) is 6.92 Å². The van der Waals surface area contributed by atoms with E-state index in [0.29, 0.717) is 5.56 Å². The maximum Gasteiger partial charge on any atom is 0.294 e. The molecule has 0 aromatic heterocycles. The highest BCUT2D eigenvalue weighted by atomic mass is 32.2. The first-order valence-corrected chi connectivity index (χ1v) is 4.49. The van der Waals surface area contributed by atoms with Crippen molar-refractivity contribution < 1.29 is 17.7 Å². The number of benzene rings is 1. The zero-order valence-electron chi connectivity index (χ0n) is 6.39. The van der Waals surface area contributed by atoms with Gasteiger partial charge < -0.3 is 0 Å². The molecule has 0 fully saturated rings. The van der Waals surface area contributed by atoms with Gasteiger partial charge >= 0.3 is 0 Å². The van der Waals surface area contributed by atoms with E-state index in [1.165, 1.54) is 6.07 Å². The Morgan fingerprint density at radius 3 is 2.08 bits per heavy atom. The normalized spacial score (nSPS) is 10.5. The van der Waals surface area contributed by atoms with Crippen molar-refractivity contribution in [1.29, 1.82) is 0 Å². The Balaban J connectivity index is 0.00000121. The highest BCUT2D eigenvalue weighted by Crippen LogP contribution is 2.12. The lowest BCUT2D eigenvalue weighted by atomic mass is 10.2. The zero-order valence-corrected chi connectivity index (χ0v) is 7.21. The highest BCUT2D eigenvalue weighted by Gasteiger charge is 2.10. The van der Waals surface area contributed by atoms with Crippen molar-refractivity contribution in [1.82, 2.24) is 0 Å². The van der Waals surface area contributed by atoms with E-state index >= 15 is 0 Å². The Morgan fingerprint density at radius 2 is 1.75 bits per heavy atom. The molecule has 0 aliphatic heterocycles. The number of aryl methyl sites for hydroxylation is 1. The second kappa shape index (κ2) is 3.64. The largest absolute Gasteiger partial charge is 0.294 e. The maximum absolute atomic E-state index is 10.6. The fourth-order valence-corrected chi connectivity index (χ4v) is 1.57. The predicted octanol–water partition coefficient (Wildman–Crippen LogP) is 1.39. The van der Waals surface area contributed by atoms with Gasteiger partial charge in [-0.2, -0.15) is 8.42 Å². The quantitative estimate of drug-likeness (QED) is 0.684. The van der Waals surface area contributed by atoms with E-state index in [9.17, 15) is 8.42 Å². The smallest absolute Gasteiger partial charge is 0.282 e. The lowest BCUT2D eigenvalue weighted by molar-refractivity contribution is 0.482. The third-order valence-electron chi connectivity index (χ3n) is 1.37. The van der Waals surface area contributed by atoms with Gasteiger partial charge in [-0.3, -0.25) is 9.26 Å². The predicted molar refractivity (Wildman–Crippen MR) is 43.5 cm³/mol. The van der Waals surface area contributed by atoms with Crippen LogP contribution in [0.5, 0.6) is 0 Å². The molecule has 0 aliphatic carbocycles. The van der Waals surface area contributed by atoms with Crippen molar-refractivity contribution in [3.63, 3.8) is 0 Å². The topological polar surface area (TPSA) is 54.4 Å². The second-order valence-electron chi connectivity index (χ2n) is 2.24. The summed E-state index contributed by atoms with van der Waals surface area (Å²) >= 11 is 0. The van der Waals surface area contributed by atoms with E-state index in [0.717, 1.165) is 0 Å². The van der Waals surface area contributed by atoms with Crippen LogP contribution in [0.1, 0.15) is 5.56 Å². The minimum atomic E-state index is -4.03. The second-order valence-corrected chi connectivity index (χ2v) is 3.63. The first-order valence-electron chi connectivity index (χ1n) is 3.05. The summed E-state index contributed by atoms with van der Waals surface area (Å²) in [5.41, 5.74) is 0.551. The van der Waals surface area contributed by atoms with Gasteiger partial charge in [0.25, 0.3) is 10.1 Å². The lowest BCUT2D eigenvalue weighted by Gasteiger charge is -1.99. The molecule has 0 spiro atoms. The SMILES string of the molecule is Cc1ccccc1S(=O)(=O)O.F. The van der Waals surface area contributed by atoms with Gasteiger partial charge in [0, 0.05) is 0 Å². The molecule has 3 nitrogen and oxygen atoms in total.